The van der Waals surface area contributed by atoms with Crippen LogP contribution in [-0.4, -0.2) is 34.5 Å². The molecule has 17 heavy (non-hydrogen) atoms. The first-order chi connectivity index (χ1) is 8.15. The summed E-state index contributed by atoms with van der Waals surface area (Å²) >= 11 is 0. The topological polar surface area (TPSA) is 99.8 Å². The second kappa shape index (κ2) is 6.27. The molecule has 0 saturated carbocycles. The van der Waals surface area contributed by atoms with Crippen LogP contribution in [0.25, 0.3) is 0 Å². The minimum atomic E-state index is -0.800. The zero-order valence-electron chi connectivity index (χ0n) is 9.43. The van der Waals surface area contributed by atoms with Crippen molar-refractivity contribution in [2.75, 3.05) is 13.1 Å². The molecule has 2 amide bonds. The van der Waals surface area contributed by atoms with E-state index in [1.165, 1.54) is 0 Å². The number of rotatable bonds is 4. The summed E-state index contributed by atoms with van der Waals surface area (Å²) in [5.41, 5.74) is 0. The number of nitrogens with zero attached hydrogens (tertiary/aromatic N) is 3. The van der Waals surface area contributed by atoms with E-state index in [9.17, 15) is 9.59 Å². The maximum Gasteiger partial charge on any atom is 0.310 e. The number of imidazole rings is 1. The second-order valence-corrected chi connectivity index (χ2v) is 3.30. The molecule has 0 radical (unpaired) electrons. The minimum Gasteiger partial charge on any atom is -0.347 e. The highest BCUT2D eigenvalue weighted by Gasteiger charge is 2.11. The molecule has 0 spiro atoms. The summed E-state index contributed by atoms with van der Waals surface area (Å²) in [5.74, 6) is -0.719. The van der Waals surface area contributed by atoms with Gasteiger partial charge in [0, 0.05) is 32.4 Å². The predicted octanol–water partition coefficient (Wildman–Crippen LogP) is -1.28. The average Bonchev–Trinajstić information content (AvgIpc) is 2.72. The molecule has 7 heteroatoms. The van der Waals surface area contributed by atoms with Crippen molar-refractivity contribution in [3.05, 3.63) is 18.2 Å². The van der Waals surface area contributed by atoms with Crippen molar-refractivity contribution in [1.82, 2.24) is 20.2 Å². The highest BCUT2D eigenvalue weighted by Crippen LogP contribution is 1.93. The van der Waals surface area contributed by atoms with Gasteiger partial charge >= 0.3 is 11.8 Å². The molecule has 0 aliphatic heterocycles. The molecule has 0 aliphatic carbocycles. The van der Waals surface area contributed by atoms with Gasteiger partial charge in [-0.2, -0.15) is 5.26 Å². The quantitative estimate of drug-likeness (QED) is 0.501. The Hall–Kier alpha value is -2.36. The van der Waals surface area contributed by atoms with Crippen LogP contribution >= 0.6 is 0 Å². The largest absolute Gasteiger partial charge is 0.347 e. The molecule has 2 N–H and O–H groups in total. The molecule has 1 aromatic heterocycles. The van der Waals surface area contributed by atoms with E-state index in [2.05, 4.69) is 15.6 Å². The number of hydrogen-bond acceptors (Lipinski definition) is 4. The molecular formula is C10H13N5O2. The fourth-order valence-corrected chi connectivity index (χ4v) is 1.21. The molecule has 0 saturated heterocycles. The van der Waals surface area contributed by atoms with Gasteiger partial charge in [-0.15, -0.1) is 0 Å². The van der Waals surface area contributed by atoms with Gasteiger partial charge in [-0.1, -0.05) is 0 Å². The molecule has 0 fully saturated rings. The first-order valence-electron chi connectivity index (χ1n) is 5.04. The van der Waals surface area contributed by atoms with Crippen molar-refractivity contribution >= 4 is 11.8 Å². The number of hydrogen-bond donors (Lipinski definition) is 2. The smallest absolute Gasteiger partial charge is 0.310 e. The number of carbonyl (C=O) groups is 2. The summed E-state index contributed by atoms with van der Waals surface area (Å²) in [6, 6.07) is 1.71. The van der Waals surface area contributed by atoms with E-state index >= 15 is 0 Å². The van der Waals surface area contributed by atoms with Crippen LogP contribution in [0.1, 0.15) is 5.82 Å². The van der Waals surface area contributed by atoms with E-state index in [0.717, 1.165) is 5.82 Å². The van der Waals surface area contributed by atoms with Crippen molar-refractivity contribution in [2.24, 2.45) is 7.05 Å². The van der Waals surface area contributed by atoms with Crippen molar-refractivity contribution in [1.29, 1.82) is 5.26 Å². The SMILES string of the molecule is Cn1ccnc1CCNC(=O)C(=O)NCC#N. The third-order valence-electron chi connectivity index (χ3n) is 2.09. The number of aromatic nitrogens is 2. The van der Waals surface area contributed by atoms with E-state index < -0.39 is 11.8 Å². The molecule has 0 unspecified atom stereocenters. The highest BCUT2D eigenvalue weighted by atomic mass is 16.2. The van der Waals surface area contributed by atoms with Crippen LogP contribution in [0.2, 0.25) is 0 Å². The summed E-state index contributed by atoms with van der Waals surface area (Å²) in [4.78, 5) is 26.3. The number of amides is 2. The summed E-state index contributed by atoms with van der Waals surface area (Å²) in [7, 11) is 1.85. The Bertz CT molecular complexity index is 446. The van der Waals surface area contributed by atoms with Crippen LogP contribution in [0, 0.1) is 11.3 Å². The van der Waals surface area contributed by atoms with Crippen LogP contribution in [0.5, 0.6) is 0 Å². The minimum absolute atomic E-state index is 0.175. The lowest BCUT2D eigenvalue weighted by molar-refractivity contribution is -0.139. The van der Waals surface area contributed by atoms with Crippen LogP contribution in [-0.2, 0) is 23.1 Å². The van der Waals surface area contributed by atoms with Gasteiger partial charge < -0.3 is 15.2 Å². The Morgan fingerprint density at radius 1 is 1.47 bits per heavy atom. The van der Waals surface area contributed by atoms with Gasteiger partial charge in [-0.3, -0.25) is 9.59 Å². The van der Waals surface area contributed by atoms with Crippen LogP contribution in [0.15, 0.2) is 12.4 Å². The summed E-state index contributed by atoms with van der Waals surface area (Å²) in [5, 5.41) is 12.8. The van der Waals surface area contributed by atoms with Crippen LogP contribution < -0.4 is 10.6 Å². The third kappa shape index (κ3) is 3.95. The molecule has 0 aliphatic rings. The monoisotopic (exact) mass is 235 g/mol. The molecule has 0 bridgehead atoms. The van der Waals surface area contributed by atoms with Crippen molar-refractivity contribution in [3.8, 4) is 6.07 Å². The Balaban J connectivity index is 2.27. The Morgan fingerprint density at radius 2 is 2.18 bits per heavy atom. The maximum absolute atomic E-state index is 11.2. The molecule has 0 atom stereocenters. The van der Waals surface area contributed by atoms with E-state index in [0.29, 0.717) is 13.0 Å². The summed E-state index contributed by atoms with van der Waals surface area (Å²) < 4.78 is 1.84. The van der Waals surface area contributed by atoms with Gasteiger partial charge in [-0.25, -0.2) is 4.98 Å². The number of nitrogens with one attached hydrogen (secondary N) is 2. The number of aryl methyl sites for hydroxylation is 1. The molecule has 7 nitrogen and oxygen atoms in total. The Kier molecular flexibility index (Phi) is 4.69. The molecule has 0 aromatic carbocycles. The Morgan fingerprint density at radius 3 is 2.76 bits per heavy atom. The molecule has 1 aromatic rings. The van der Waals surface area contributed by atoms with Crippen molar-refractivity contribution in [3.63, 3.8) is 0 Å². The average molecular weight is 235 g/mol. The first-order valence-corrected chi connectivity index (χ1v) is 5.04. The van der Waals surface area contributed by atoms with E-state index in [1.54, 1.807) is 18.5 Å². The summed E-state index contributed by atoms with van der Waals surface area (Å²) in [6.07, 6.45) is 4.01. The van der Waals surface area contributed by atoms with Gasteiger partial charge in [0.1, 0.15) is 12.4 Å². The lowest BCUT2D eigenvalue weighted by Crippen LogP contribution is -2.40. The summed E-state index contributed by atoms with van der Waals surface area (Å²) in [6.45, 7) is 0.148. The van der Waals surface area contributed by atoms with Gasteiger partial charge in [0.15, 0.2) is 0 Å². The van der Waals surface area contributed by atoms with Crippen molar-refractivity contribution in [2.45, 2.75) is 6.42 Å². The lowest BCUT2D eigenvalue weighted by atomic mass is 10.4. The van der Waals surface area contributed by atoms with Crippen LogP contribution in [0.3, 0.4) is 0 Å². The molecule has 90 valence electrons. The number of carbonyl (C=O) groups excluding carboxylic acids is 2. The standard InChI is InChI=1S/C10H13N5O2/c1-15-7-6-12-8(15)2-4-13-9(16)10(17)14-5-3-11/h6-7H,2,4-5H2,1H3,(H,13,16)(H,14,17). The van der Waals surface area contributed by atoms with E-state index in [-0.39, 0.29) is 6.54 Å². The molecule has 1 heterocycles. The highest BCUT2D eigenvalue weighted by molar-refractivity contribution is 6.35. The first kappa shape index (κ1) is 12.7. The normalized spacial score (nSPS) is 9.41. The van der Waals surface area contributed by atoms with E-state index in [1.807, 2.05) is 11.6 Å². The zero-order valence-corrected chi connectivity index (χ0v) is 9.43. The van der Waals surface area contributed by atoms with Gasteiger partial charge in [0.25, 0.3) is 0 Å². The lowest BCUT2D eigenvalue weighted by Gasteiger charge is -2.04. The third-order valence-corrected chi connectivity index (χ3v) is 2.09. The van der Waals surface area contributed by atoms with Gasteiger partial charge in [0.05, 0.1) is 6.07 Å². The maximum atomic E-state index is 11.2. The Labute approximate surface area is 98.4 Å². The van der Waals surface area contributed by atoms with E-state index in [4.69, 9.17) is 5.26 Å². The van der Waals surface area contributed by atoms with Crippen LogP contribution in [0.4, 0.5) is 0 Å². The number of nitriles is 1. The molecular weight excluding hydrogens is 222 g/mol. The van der Waals surface area contributed by atoms with Crippen molar-refractivity contribution < 1.29 is 9.59 Å². The molecule has 1 rings (SSSR count). The fraction of sp³-hybridized carbons (Fsp3) is 0.400. The predicted molar refractivity (Wildman–Crippen MR) is 58.5 cm³/mol. The second-order valence-electron chi connectivity index (χ2n) is 3.30. The zero-order chi connectivity index (χ0) is 12.7. The van der Waals surface area contributed by atoms with Gasteiger partial charge in [0.2, 0.25) is 0 Å². The fourth-order valence-electron chi connectivity index (χ4n) is 1.21. The van der Waals surface area contributed by atoms with Gasteiger partial charge in [-0.05, 0) is 0 Å².